The summed E-state index contributed by atoms with van der Waals surface area (Å²) in [6, 6.07) is 5.96. The molecule has 2 rings (SSSR count). The molecule has 8 nitrogen and oxygen atoms in total. The Labute approximate surface area is 179 Å². The number of rotatable bonds is 6. The van der Waals surface area contributed by atoms with Gasteiger partial charge in [0.05, 0.1) is 10.9 Å². The van der Waals surface area contributed by atoms with Crippen LogP contribution in [0.2, 0.25) is 0 Å². The molecule has 1 aromatic carbocycles. The van der Waals surface area contributed by atoms with Crippen molar-refractivity contribution in [1.82, 2.24) is 14.1 Å². The van der Waals surface area contributed by atoms with Gasteiger partial charge < -0.3 is 14.5 Å². The molecule has 1 fully saturated rings. The second-order valence-corrected chi connectivity index (χ2v) is 10.3. The quantitative estimate of drug-likeness (QED) is 0.680. The van der Waals surface area contributed by atoms with E-state index in [1.54, 1.807) is 42.8 Å². The molecular formula is C21H33N3O5S. The average molecular weight is 440 g/mol. The van der Waals surface area contributed by atoms with Gasteiger partial charge in [0, 0.05) is 38.8 Å². The van der Waals surface area contributed by atoms with Gasteiger partial charge in [0.1, 0.15) is 5.60 Å². The molecule has 2 amide bonds. The third-order valence-corrected chi connectivity index (χ3v) is 7.15. The molecule has 0 spiro atoms. The highest BCUT2D eigenvalue weighted by molar-refractivity contribution is 7.89. The third-order valence-electron chi connectivity index (χ3n) is 5.11. The SMILES string of the molecule is CCN(CC)S(=O)(=O)c1cccc(C(=O)N(C)[C@@H]2CCN(C(=O)OC(C)(C)C)C2)c1. The first kappa shape index (κ1) is 24.1. The maximum atomic E-state index is 13.0. The van der Waals surface area contributed by atoms with Crippen LogP contribution in [0, 0.1) is 0 Å². The van der Waals surface area contributed by atoms with Crippen LogP contribution in [0.5, 0.6) is 0 Å². The topological polar surface area (TPSA) is 87.2 Å². The van der Waals surface area contributed by atoms with Crippen LogP contribution in [0.4, 0.5) is 4.79 Å². The van der Waals surface area contributed by atoms with Gasteiger partial charge in [-0.3, -0.25) is 4.79 Å². The van der Waals surface area contributed by atoms with Crippen molar-refractivity contribution in [2.75, 3.05) is 33.2 Å². The molecule has 168 valence electrons. The summed E-state index contributed by atoms with van der Waals surface area (Å²) in [5.74, 6) is -0.275. The fourth-order valence-corrected chi connectivity index (χ4v) is 4.93. The van der Waals surface area contributed by atoms with Gasteiger partial charge in [-0.05, 0) is 45.4 Å². The number of amides is 2. The van der Waals surface area contributed by atoms with E-state index in [4.69, 9.17) is 4.74 Å². The molecular weight excluding hydrogens is 406 g/mol. The monoisotopic (exact) mass is 439 g/mol. The fraction of sp³-hybridized carbons (Fsp3) is 0.619. The first-order chi connectivity index (χ1) is 13.9. The lowest BCUT2D eigenvalue weighted by atomic mass is 10.1. The van der Waals surface area contributed by atoms with Gasteiger partial charge in [0.15, 0.2) is 0 Å². The number of carbonyl (C=O) groups is 2. The Morgan fingerprint density at radius 2 is 1.83 bits per heavy atom. The summed E-state index contributed by atoms with van der Waals surface area (Å²) in [5.41, 5.74) is -0.269. The van der Waals surface area contributed by atoms with Crippen molar-refractivity contribution in [1.29, 1.82) is 0 Å². The Bertz CT molecular complexity index is 875. The van der Waals surface area contributed by atoms with Crippen LogP contribution in [0.3, 0.4) is 0 Å². The molecule has 0 saturated carbocycles. The zero-order chi connectivity index (χ0) is 22.7. The summed E-state index contributed by atoms with van der Waals surface area (Å²) in [6.07, 6.45) is 0.247. The standard InChI is InChI=1S/C21H33N3O5S/c1-7-24(8-2)30(27,28)18-11-9-10-16(14-18)19(25)22(6)17-12-13-23(15-17)20(26)29-21(3,4)5/h9-11,14,17H,7-8,12-13,15H2,1-6H3/t17-/m1/s1. The summed E-state index contributed by atoms with van der Waals surface area (Å²) >= 11 is 0. The van der Waals surface area contributed by atoms with Crippen molar-refractivity contribution in [2.45, 2.75) is 57.6 Å². The minimum absolute atomic E-state index is 0.104. The Morgan fingerprint density at radius 1 is 1.20 bits per heavy atom. The second kappa shape index (κ2) is 9.34. The van der Waals surface area contributed by atoms with Crippen molar-refractivity contribution < 1.29 is 22.7 Å². The zero-order valence-electron chi connectivity index (χ0n) is 18.7. The van der Waals surface area contributed by atoms with Crippen LogP contribution in [-0.4, -0.2) is 79.4 Å². The van der Waals surface area contributed by atoms with Crippen molar-refractivity contribution in [3.8, 4) is 0 Å². The highest BCUT2D eigenvalue weighted by Crippen LogP contribution is 2.22. The maximum Gasteiger partial charge on any atom is 0.410 e. The summed E-state index contributed by atoms with van der Waals surface area (Å²) in [4.78, 5) is 28.6. The normalized spacial score (nSPS) is 17.3. The summed E-state index contributed by atoms with van der Waals surface area (Å²) < 4.78 is 32.3. The number of benzene rings is 1. The predicted molar refractivity (Wildman–Crippen MR) is 115 cm³/mol. The van der Waals surface area contributed by atoms with Gasteiger partial charge in [0.25, 0.3) is 5.91 Å². The van der Waals surface area contributed by atoms with E-state index in [0.717, 1.165) is 0 Å². The van der Waals surface area contributed by atoms with E-state index >= 15 is 0 Å². The third kappa shape index (κ3) is 5.51. The van der Waals surface area contributed by atoms with Crippen molar-refractivity contribution >= 4 is 22.0 Å². The van der Waals surface area contributed by atoms with Crippen LogP contribution in [0.1, 0.15) is 51.4 Å². The lowest BCUT2D eigenvalue weighted by Crippen LogP contribution is -2.41. The second-order valence-electron chi connectivity index (χ2n) is 8.40. The number of ether oxygens (including phenoxy) is 1. The van der Waals surface area contributed by atoms with Crippen molar-refractivity contribution in [2.24, 2.45) is 0 Å². The van der Waals surface area contributed by atoms with Crippen LogP contribution in [-0.2, 0) is 14.8 Å². The molecule has 0 bridgehead atoms. The first-order valence-corrected chi connectivity index (χ1v) is 11.7. The van der Waals surface area contributed by atoms with E-state index in [1.165, 1.54) is 16.4 Å². The Morgan fingerprint density at radius 3 is 2.40 bits per heavy atom. The molecule has 1 heterocycles. The van der Waals surface area contributed by atoms with E-state index in [9.17, 15) is 18.0 Å². The van der Waals surface area contributed by atoms with E-state index in [0.29, 0.717) is 38.2 Å². The maximum absolute atomic E-state index is 13.0. The zero-order valence-corrected chi connectivity index (χ0v) is 19.5. The van der Waals surface area contributed by atoms with Gasteiger partial charge in [0.2, 0.25) is 10.0 Å². The molecule has 30 heavy (non-hydrogen) atoms. The highest BCUT2D eigenvalue weighted by atomic mass is 32.2. The molecule has 0 unspecified atom stereocenters. The predicted octanol–water partition coefficient (Wildman–Crippen LogP) is 2.80. The average Bonchev–Trinajstić information content (AvgIpc) is 3.17. The molecule has 0 N–H and O–H groups in total. The van der Waals surface area contributed by atoms with Gasteiger partial charge in [-0.15, -0.1) is 0 Å². The molecule has 0 radical (unpaired) electrons. The molecule has 9 heteroatoms. The first-order valence-electron chi connectivity index (χ1n) is 10.3. The summed E-state index contributed by atoms with van der Waals surface area (Å²) in [7, 11) is -1.97. The van der Waals surface area contributed by atoms with Gasteiger partial charge in [-0.25, -0.2) is 13.2 Å². The van der Waals surface area contributed by atoms with E-state index in [1.807, 2.05) is 20.8 Å². The molecule has 1 atom stereocenters. The number of nitrogens with zero attached hydrogens (tertiary/aromatic N) is 3. The smallest absolute Gasteiger partial charge is 0.410 e. The number of likely N-dealkylation sites (N-methyl/N-ethyl adjacent to an activating group) is 1. The number of sulfonamides is 1. The van der Waals surface area contributed by atoms with Gasteiger partial charge in [-0.2, -0.15) is 4.31 Å². The number of hydrogen-bond acceptors (Lipinski definition) is 5. The minimum atomic E-state index is -3.65. The molecule has 1 aromatic rings. The van der Waals surface area contributed by atoms with E-state index < -0.39 is 21.7 Å². The molecule has 1 saturated heterocycles. The minimum Gasteiger partial charge on any atom is -0.444 e. The lowest BCUT2D eigenvalue weighted by Gasteiger charge is -2.27. The van der Waals surface area contributed by atoms with Crippen LogP contribution in [0.25, 0.3) is 0 Å². The Kier molecular flexibility index (Phi) is 7.52. The van der Waals surface area contributed by atoms with Gasteiger partial charge in [-0.1, -0.05) is 19.9 Å². The van der Waals surface area contributed by atoms with Gasteiger partial charge >= 0.3 is 6.09 Å². The molecule has 1 aliphatic heterocycles. The van der Waals surface area contributed by atoms with E-state index in [-0.39, 0.29) is 16.8 Å². The molecule has 1 aliphatic rings. The number of likely N-dealkylation sites (tertiary alicyclic amines) is 1. The summed E-state index contributed by atoms with van der Waals surface area (Å²) in [6.45, 7) is 10.6. The fourth-order valence-electron chi connectivity index (χ4n) is 3.42. The Hall–Kier alpha value is -2.13. The lowest BCUT2D eigenvalue weighted by molar-refractivity contribution is 0.0279. The van der Waals surface area contributed by atoms with Crippen molar-refractivity contribution in [3.63, 3.8) is 0 Å². The molecule has 0 aromatic heterocycles. The van der Waals surface area contributed by atoms with Crippen molar-refractivity contribution in [3.05, 3.63) is 29.8 Å². The van der Waals surface area contributed by atoms with Crippen LogP contribution >= 0.6 is 0 Å². The highest BCUT2D eigenvalue weighted by Gasteiger charge is 2.34. The summed E-state index contributed by atoms with van der Waals surface area (Å²) in [5, 5.41) is 0. The van der Waals surface area contributed by atoms with Crippen LogP contribution in [0.15, 0.2) is 29.2 Å². The van der Waals surface area contributed by atoms with E-state index in [2.05, 4.69) is 0 Å². The largest absolute Gasteiger partial charge is 0.444 e. The molecule has 0 aliphatic carbocycles. The van der Waals surface area contributed by atoms with Crippen LogP contribution < -0.4 is 0 Å². The Balaban J connectivity index is 2.13. The number of hydrogen-bond donors (Lipinski definition) is 0. The number of carbonyl (C=O) groups excluding carboxylic acids is 2.